The number of anilines is 1. The van der Waals surface area contributed by atoms with E-state index < -0.39 is 0 Å². The van der Waals surface area contributed by atoms with Gasteiger partial charge in [-0.1, -0.05) is 46.8 Å². The van der Waals surface area contributed by atoms with E-state index in [2.05, 4.69) is 20.3 Å². The van der Waals surface area contributed by atoms with E-state index in [-0.39, 0.29) is 17.6 Å². The first kappa shape index (κ1) is 21.6. The van der Waals surface area contributed by atoms with Crippen molar-refractivity contribution < 1.29 is 14.3 Å². The average molecular weight is 466 g/mol. The number of hydrogen-bond acceptors (Lipinski definition) is 8. The molecule has 0 aliphatic rings. The van der Waals surface area contributed by atoms with Crippen molar-refractivity contribution in [2.75, 3.05) is 18.2 Å². The summed E-state index contributed by atoms with van der Waals surface area (Å²) in [5.41, 5.74) is 1.64. The number of benzene rings is 2. The lowest BCUT2D eigenvalue weighted by Crippen LogP contribution is -2.11. The maximum Gasteiger partial charge on any atom is 0.316 e. The van der Waals surface area contributed by atoms with E-state index in [1.165, 1.54) is 30.2 Å². The number of amides is 1. The van der Waals surface area contributed by atoms with Crippen molar-refractivity contribution >= 4 is 63.5 Å². The topological polar surface area (TPSA) is 81.2 Å². The second-order valence-corrected chi connectivity index (χ2v) is 9.32. The fourth-order valence-electron chi connectivity index (χ4n) is 2.12. The molecule has 0 bridgehead atoms. The first-order valence-corrected chi connectivity index (χ1v) is 11.5. The van der Waals surface area contributed by atoms with Crippen LogP contribution >= 0.6 is 46.5 Å². The summed E-state index contributed by atoms with van der Waals surface area (Å²) in [6, 6.07) is 15.1. The summed E-state index contributed by atoms with van der Waals surface area (Å²) in [5.74, 6) is 0.336. The second-order valence-electron chi connectivity index (χ2n) is 5.63. The maximum atomic E-state index is 12.4. The third kappa shape index (κ3) is 6.74. The molecule has 29 heavy (non-hydrogen) atoms. The number of nitrogens with zero attached hydrogens (tertiary/aromatic N) is 2. The lowest BCUT2D eigenvalue weighted by Gasteiger charge is -2.05. The number of hydrogen-bond donors (Lipinski definition) is 1. The van der Waals surface area contributed by atoms with Crippen molar-refractivity contribution in [3.63, 3.8) is 0 Å². The highest BCUT2D eigenvalue weighted by Crippen LogP contribution is 2.26. The molecule has 1 amide bonds. The van der Waals surface area contributed by atoms with Gasteiger partial charge < -0.3 is 4.74 Å². The molecule has 0 spiro atoms. The van der Waals surface area contributed by atoms with Gasteiger partial charge in [-0.15, -0.1) is 22.0 Å². The predicted octanol–water partition coefficient (Wildman–Crippen LogP) is 5.00. The van der Waals surface area contributed by atoms with Crippen LogP contribution in [0.3, 0.4) is 0 Å². The minimum absolute atomic E-state index is 0.147. The van der Waals surface area contributed by atoms with Crippen LogP contribution in [0.2, 0.25) is 5.02 Å². The number of rotatable bonds is 8. The minimum atomic E-state index is -0.342. The monoisotopic (exact) mass is 465 g/mol. The van der Waals surface area contributed by atoms with E-state index in [0.717, 1.165) is 16.2 Å². The molecule has 150 valence electrons. The zero-order valence-corrected chi connectivity index (χ0v) is 18.5. The number of halogens is 1. The van der Waals surface area contributed by atoms with Gasteiger partial charge in [-0.05, 0) is 42.0 Å². The van der Waals surface area contributed by atoms with Gasteiger partial charge in [-0.25, -0.2) is 0 Å². The Kier molecular flexibility index (Phi) is 7.93. The molecule has 3 rings (SSSR count). The summed E-state index contributed by atoms with van der Waals surface area (Å²) in [6.45, 7) is 0. The minimum Gasteiger partial charge on any atom is -0.468 e. The molecule has 1 heterocycles. The lowest BCUT2D eigenvalue weighted by atomic mass is 10.1. The largest absolute Gasteiger partial charge is 0.468 e. The standard InChI is InChI=1S/C19H16ClN3O3S3/c1-26-16(24)11-28-19-23-22-18(29-19)21-17(25)13-4-2-12(3-5-13)10-27-15-8-6-14(20)7-9-15/h2-9H,10-11H2,1H3,(H,21,22,25). The Balaban J connectivity index is 1.51. The SMILES string of the molecule is COC(=O)CSc1nnc(NC(=O)c2ccc(CSc3ccc(Cl)cc3)cc2)s1. The zero-order chi connectivity index (χ0) is 20.6. The summed E-state index contributed by atoms with van der Waals surface area (Å²) in [6.07, 6.45) is 0. The molecule has 0 saturated heterocycles. The molecule has 0 atom stereocenters. The van der Waals surface area contributed by atoms with E-state index in [1.807, 2.05) is 36.4 Å². The predicted molar refractivity (Wildman–Crippen MR) is 118 cm³/mol. The average Bonchev–Trinajstić information content (AvgIpc) is 3.19. The molecule has 0 aliphatic heterocycles. The summed E-state index contributed by atoms with van der Waals surface area (Å²) in [4.78, 5) is 24.7. The summed E-state index contributed by atoms with van der Waals surface area (Å²) in [7, 11) is 1.33. The normalized spacial score (nSPS) is 10.6. The Labute approximate surface area is 185 Å². The van der Waals surface area contributed by atoms with Crippen molar-refractivity contribution in [1.82, 2.24) is 10.2 Å². The molecule has 0 aliphatic carbocycles. The fraction of sp³-hybridized carbons (Fsp3) is 0.158. The van der Waals surface area contributed by atoms with Gasteiger partial charge in [0, 0.05) is 21.2 Å². The van der Waals surface area contributed by atoms with Gasteiger partial charge in [0.25, 0.3) is 5.91 Å². The number of esters is 1. The van der Waals surface area contributed by atoms with E-state index in [0.29, 0.717) is 20.1 Å². The highest BCUT2D eigenvalue weighted by Gasteiger charge is 2.12. The highest BCUT2D eigenvalue weighted by atomic mass is 35.5. The number of carbonyl (C=O) groups excluding carboxylic acids is 2. The van der Waals surface area contributed by atoms with E-state index >= 15 is 0 Å². The Bertz CT molecular complexity index is 978. The van der Waals surface area contributed by atoms with Gasteiger partial charge >= 0.3 is 5.97 Å². The van der Waals surface area contributed by atoms with E-state index in [4.69, 9.17) is 11.6 Å². The van der Waals surface area contributed by atoms with Gasteiger partial charge in [0.15, 0.2) is 4.34 Å². The molecule has 0 saturated carbocycles. The van der Waals surface area contributed by atoms with Crippen molar-refractivity contribution in [1.29, 1.82) is 0 Å². The van der Waals surface area contributed by atoms with E-state index in [9.17, 15) is 9.59 Å². The van der Waals surface area contributed by atoms with Crippen LogP contribution < -0.4 is 5.32 Å². The Morgan fingerprint density at radius 3 is 2.48 bits per heavy atom. The van der Waals surface area contributed by atoms with Crippen LogP contribution in [0.4, 0.5) is 5.13 Å². The van der Waals surface area contributed by atoms with Crippen LogP contribution in [-0.4, -0.2) is 34.9 Å². The molecule has 10 heteroatoms. The molecular formula is C19H16ClN3O3S3. The summed E-state index contributed by atoms with van der Waals surface area (Å²) >= 11 is 10.0. The van der Waals surface area contributed by atoms with Gasteiger partial charge in [0.1, 0.15) is 0 Å². The number of thioether (sulfide) groups is 2. The maximum absolute atomic E-state index is 12.4. The molecule has 0 unspecified atom stereocenters. The fourth-order valence-corrected chi connectivity index (χ4v) is 4.68. The quantitative estimate of drug-likeness (QED) is 0.284. The van der Waals surface area contributed by atoms with Gasteiger partial charge in [-0.2, -0.15) is 0 Å². The van der Waals surface area contributed by atoms with Crippen LogP contribution in [-0.2, 0) is 15.3 Å². The van der Waals surface area contributed by atoms with Crippen molar-refractivity contribution in [3.8, 4) is 0 Å². The van der Waals surface area contributed by atoms with Gasteiger partial charge in [-0.3, -0.25) is 14.9 Å². The molecule has 3 aromatic rings. The van der Waals surface area contributed by atoms with Crippen LogP contribution in [0.5, 0.6) is 0 Å². The van der Waals surface area contributed by atoms with Crippen LogP contribution in [0, 0.1) is 0 Å². The number of methoxy groups -OCH3 is 1. The third-order valence-corrected chi connectivity index (χ3v) is 6.88. The second kappa shape index (κ2) is 10.6. The first-order chi connectivity index (χ1) is 14.0. The number of nitrogens with one attached hydrogen (secondary N) is 1. The summed E-state index contributed by atoms with van der Waals surface area (Å²) < 4.78 is 5.16. The van der Waals surface area contributed by atoms with Crippen LogP contribution in [0.25, 0.3) is 0 Å². The Hall–Kier alpha value is -2.07. The highest BCUT2D eigenvalue weighted by molar-refractivity contribution is 8.01. The number of ether oxygens (including phenoxy) is 1. The van der Waals surface area contributed by atoms with Gasteiger partial charge in [0.05, 0.1) is 12.9 Å². The molecule has 6 nitrogen and oxygen atoms in total. The van der Waals surface area contributed by atoms with Crippen molar-refractivity contribution in [2.24, 2.45) is 0 Å². The molecule has 1 aromatic heterocycles. The molecule has 1 N–H and O–H groups in total. The van der Waals surface area contributed by atoms with Crippen molar-refractivity contribution in [2.45, 2.75) is 15.0 Å². The molecule has 0 fully saturated rings. The smallest absolute Gasteiger partial charge is 0.316 e. The third-order valence-electron chi connectivity index (χ3n) is 3.60. The van der Waals surface area contributed by atoms with Crippen LogP contribution in [0.15, 0.2) is 57.8 Å². The molecule has 2 aromatic carbocycles. The molecular weight excluding hydrogens is 450 g/mol. The van der Waals surface area contributed by atoms with Gasteiger partial charge in [0.2, 0.25) is 5.13 Å². The Morgan fingerprint density at radius 1 is 1.07 bits per heavy atom. The van der Waals surface area contributed by atoms with Crippen LogP contribution in [0.1, 0.15) is 15.9 Å². The number of carbonyl (C=O) groups is 2. The lowest BCUT2D eigenvalue weighted by molar-refractivity contribution is -0.137. The summed E-state index contributed by atoms with van der Waals surface area (Å²) in [5, 5.41) is 11.7. The van der Waals surface area contributed by atoms with Crippen molar-refractivity contribution in [3.05, 3.63) is 64.7 Å². The first-order valence-electron chi connectivity index (χ1n) is 8.35. The Morgan fingerprint density at radius 2 is 1.79 bits per heavy atom. The zero-order valence-electron chi connectivity index (χ0n) is 15.3. The number of aromatic nitrogens is 2. The molecule has 0 radical (unpaired) electrons. The van der Waals surface area contributed by atoms with E-state index in [1.54, 1.807) is 23.9 Å².